The molecular formula is C23H32N2O3. The topological polar surface area (TPSA) is 58.6 Å². The molecule has 0 spiro atoms. The highest BCUT2D eigenvalue weighted by atomic mass is 16.5. The zero-order valence-corrected chi connectivity index (χ0v) is 16.8. The summed E-state index contributed by atoms with van der Waals surface area (Å²) < 4.78 is 5.59. The van der Waals surface area contributed by atoms with E-state index in [1.807, 2.05) is 29.2 Å². The molecule has 0 unspecified atom stereocenters. The summed E-state index contributed by atoms with van der Waals surface area (Å²) in [6.45, 7) is 1.82. The number of nitrogens with zero attached hydrogens (tertiary/aromatic N) is 1. The van der Waals surface area contributed by atoms with Crippen LogP contribution in [0.2, 0.25) is 0 Å². The van der Waals surface area contributed by atoms with Gasteiger partial charge in [0.05, 0.1) is 12.0 Å². The maximum atomic E-state index is 13.1. The minimum absolute atomic E-state index is 0.0660. The Morgan fingerprint density at radius 3 is 2.46 bits per heavy atom. The molecule has 1 aromatic carbocycles. The summed E-state index contributed by atoms with van der Waals surface area (Å²) in [6.07, 6.45) is 10.3. The Kier molecular flexibility index (Phi) is 6.00. The van der Waals surface area contributed by atoms with Crippen molar-refractivity contribution in [3.8, 4) is 0 Å². The minimum atomic E-state index is -0.431. The number of carbonyl (C=O) groups excluding carboxylic acids is 2. The van der Waals surface area contributed by atoms with Gasteiger partial charge in [-0.2, -0.15) is 0 Å². The number of benzene rings is 1. The molecule has 2 heterocycles. The molecule has 1 aromatic rings. The fourth-order valence-electron chi connectivity index (χ4n) is 5.11. The molecule has 0 bridgehead atoms. The number of hydrogen-bond donors (Lipinski definition) is 1. The summed E-state index contributed by atoms with van der Waals surface area (Å²) in [5.41, 5.74) is 1.42. The van der Waals surface area contributed by atoms with Gasteiger partial charge in [-0.25, -0.2) is 0 Å². The Hall–Kier alpha value is -1.88. The molecule has 1 saturated carbocycles. The Morgan fingerprint density at radius 1 is 1.07 bits per heavy atom. The summed E-state index contributed by atoms with van der Waals surface area (Å²) in [4.78, 5) is 28.1. The van der Waals surface area contributed by atoms with E-state index >= 15 is 0 Å². The lowest BCUT2D eigenvalue weighted by atomic mass is 9.84. The first kappa shape index (κ1) is 19.4. The fourth-order valence-corrected chi connectivity index (χ4v) is 5.11. The summed E-state index contributed by atoms with van der Waals surface area (Å²) in [5, 5.41) is 3.30. The van der Waals surface area contributed by atoms with Gasteiger partial charge in [-0.3, -0.25) is 9.59 Å². The number of carbonyl (C=O) groups is 2. The summed E-state index contributed by atoms with van der Waals surface area (Å²) in [6, 6.07) is 8.11. The normalized spacial score (nSPS) is 23.0. The molecule has 1 saturated heterocycles. The van der Waals surface area contributed by atoms with Gasteiger partial charge in [-0.05, 0) is 37.3 Å². The van der Waals surface area contributed by atoms with Gasteiger partial charge in [0.2, 0.25) is 5.91 Å². The highest BCUT2D eigenvalue weighted by Gasteiger charge is 2.46. The molecule has 0 aromatic heterocycles. The van der Waals surface area contributed by atoms with Crippen LogP contribution in [-0.2, 0) is 16.1 Å². The SMILES string of the molecule is O=C(CC1(N2Cc3ccccc3C2=O)CCOCC1)NC1CCCCCCC1. The van der Waals surface area contributed by atoms with Crippen molar-refractivity contribution in [2.24, 2.45) is 0 Å². The number of fused-ring (bicyclic) bond motifs is 1. The van der Waals surface area contributed by atoms with Gasteiger partial charge in [0.25, 0.3) is 5.91 Å². The van der Waals surface area contributed by atoms with Crippen molar-refractivity contribution in [1.82, 2.24) is 10.2 Å². The summed E-state index contributed by atoms with van der Waals surface area (Å²) in [7, 11) is 0. The van der Waals surface area contributed by atoms with E-state index in [4.69, 9.17) is 4.74 Å². The molecule has 0 atom stereocenters. The van der Waals surface area contributed by atoms with Crippen LogP contribution in [0.15, 0.2) is 24.3 Å². The van der Waals surface area contributed by atoms with E-state index in [1.54, 1.807) is 0 Å². The molecule has 2 amide bonds. The zero-order chi connectivity index (χ0) is 19.4. The maximum Gasteiger partial charge on any atom is 0.254 e. The number of hydrogen-bond acceptors (Lipinski definition) is 3. The van der Waals surface area contributed by atoms with Crippen LogP contribution in [0.4, 0.5) is 0 Å². The highest BCUT2D eigenvalue weighted by molar-refractivity contribution is 5.99. The van der Waals surface area contributed by atoms with E-state index in [-0.39, 0.29) is 17.9 Å². The van der Waals surface area contributed by atoms with Gasteiger partial charge in [0.15, 0.2) is 0 Å². The largest absolute Gasteiger partial charge is 0.381 e. The summed E-state index contributed by atoms with van der Waals surface area (Å²) >= 11 is 0. The molecule has 1 aliphatic carbocycles. The van der Waals surface area contributed by atoms with Crippen molar-refractivity contribution in [1.29, 1.82) is 0 Å². The van der Waals surface area contributed by atoms with E-state index in [1.165, 1.54) is 32.1 Å². The van der Waals surface area contributed by atoms with Crippen molar-refractivity contribution in [3.05, 3.63) is 35.4 Å². The minimum Gasteiger partial charge on any atom is -0.381 e. The summed E-state index contributed by atoms with van der Waals surface area (Å²) in [5.74, 6) is 0.160. The molecule has 4 rings (SSSR count). The van der Waals surface area contributed by atoms with Crippen LogP contribution < -0.4 is 5.32 Å². The van der Waals surface area contributed by atoms with Crippen molar-refractivity contribution >= 4 is 11.8 Å². The van der Waals surface area contributed by atoms with E-state index in [0.29, 0.717) is 26.2 Å². The van der Waals surface area contributed by atoms with Crippen LogP contribution in [0.25, 0.3) is 0 Å². The first-order valence-electron chi connectivity index (χ1n) is 10.9. The van der Waals surface area contributed by atoms with E-state index in [0.717, 1.165) is 36.8 Å². The molecule has 152 valence electrons. The third-order valence-corrected chi connectivity index (χ3v) is 6.78. The van der Waals surface area contributed by atoms with Crippen molar-refractivity contribution in [2.75, 3.05) is 13.2 Å². The Labute approximate surface area is 167 Å². The Balaban J connectivity index is 1.47. The number of amides is 2. The number of ether oxygens (including phenoxy) is 1. The van der Waals surface area contributed by atoms with Crippen LogP contribution in [-0.4, -0.2) is 41.5 Å². The Morgan fingerprint density at radius 2 is 1.75 bits per heavy atom. The second kappa shape index (κ2) is 8.64. The van der Waals surface area contributed by atoms with Crippen LogP contribution in [0, 0.1) is 0 Å². The van der Waals surface area contributed by atoms with Crippen LogP contribution in [0.1, 0.15) is 80.1 Å². The predicted molar refractivity (Wildman–Crippen MR) is 108 cm³/mol. The molecule has 28 heavy (non-hydrogen) atoms. The van der Waals surface area contributed by atoms with Gasteiger partial charge in [-0.15, -0.1) is 0 Å². The van der Waals surface area contributed by atoms with E-state index < -0.39 is 5.54 Å². The first-order chi connectivity index (χ1) is 13.7. The van der Waals surface area contributed by atoms with Crippen molar-refractivity contribution < 1.29 is 14.3 Å². The second-order valence-electron chi connectivity index (χ2n) is 8.67. The number of rotatable bonds is 4. The average molecular weight is 385 g/mol. The van der Waals surface area contributed by atoms with Gasteiger partial charge < -0.3 is 15.0 Å². The molecule has 3 aliphatic rings. The van der Waals surface area contributed by atoms with Gasteiger partial charge in [0, 0.05) is 31.4 Å². The maximum absolute atomic E-state index is 13.1. The van der Waals surface area contributed by atoms with Crippen molar-refractivity contribution in [2.45, 2.75) is 82.3 Å². The molecule has 2 fully saturated rings. The smallest absolute Gasteiger partial charge is 0.254 e. The zero-order valence-electron chi connectivity index (χ0n) is 16.8. The third kappa shape index (κ3) is 4.09. The van der Waals surface area contributed by atoms with E-state index in [9.17, 15) is 9.59 Å². The quantitative estimate of drug-likeness (QED) is 0.859. The lowest BCUT2D eigenvalue weighted by Gasteiger charge is -2.44. The lowest BCUT2D eigenvalue weighted by molar-refractivity contribution is -0.126. The Bertz CT molecular complexity index is 704. The van der Waals surface area contributed by atoms with Gasteiger partial charge in [-0.1, -0.05) is 50.3 Å². The van der Waals surface area contributed by atoms with Gasteiger partial charge in [0.1, 0.15) is 0 Å². The van der Waals surface area contributed by atoms with Gasteiger partial charge >= 0.3 is 0 Å². The second-order valence-corrected chi connectivity index (χ2v) is 8.67. The van der Waals surface area contributed by atoms with Crippen molar-refractivity contribution in [3.63, 3.8) is 0 Å². The average Bonchev–Trinajstić information content (AvgIpc) is 3.02. The molecule has 1 N–H and O–H groups in total. The third-order valence-electron chi connectivity index (χ3n) is 6.78. The van der Waals surface area contributed by atoms with E-state index in [2.05, 4.69) is 5.32 Å². The standard InChI is InChI=1S/C23H32N2O3/c26-21(24-19-9-4-2-1-3-5-10-19)16-23(12-14-28-15-13-23)25-17-18-8-6-7-11-20(18)22(25)27/h6-8,11,19H,1-5,9-10,12-17H2,(H,24,26). The fraction of sp³-hybridized carbons (Fsp3) is 0.652. The number of nitrogens with one attached hydrogen (secondary N) is 1. The highest BCUT2D eigenvalue weighted by Crippen LogP contribution is 2.38. The van der Waals surface area contributed by atoms with Crippen LogP contribution in [0.3, 0.4) is 0 Å². The molecular weight excluding hydrogens is 352 g/mol. The van der Waals surface area contributed by atoms with Crippen LogP contribution in [0.5, 0.6) is 0 Å². The lowest BCUT2D eigenvalue weighted by Crippen LogP contribution is -2.55. The molecule has 0 radical (unpaired) electrons. The molecule has 5 nitrogen and oxygen atoms in total. The first-order valence-corrected chi connectivity index (χ1v) is 10.9. The predicted octanol–water partition coefficient (Wildman–Crippen LogP) is 3.81. The van der Waals surface area contributed by atoms with Crippen LogP contribution >= 0.6 is 0 Å². The molecule has 5 heteroatoms. The molecule has 2 aliphatic heterocycles. The monoisotopic (exact) mass is 384 g/mol.